The van der Waals surface area contributed by atoms with Crippen LogP contribution in [-0.2, 0) is 9.53 Å². The summed E-state index contributed by atoms with van der Waals surface area (Å²) in [5.74, 6) is -0.833. The van der Waals surface area contributed by atoms with Crippen LogP contribution in [0.15, 0.2) is 47.1 Å². The van der Waals surface area contributed by atoms with E-state index in [4.69, 9.17) is 14.6 Å². The van der Waals surface area contributed by atoms with Crippen LogP contribution in [0, 0.1) is 6.92 Å². The molecule has 0 radical (unpaired) electrons. The molecule has 0 fully saturated rings. The Bertz CT molecular complexity index is 590. The average molecular weight is 305 g/mol. The standard InChI is InChI=1S/C14H15NOS.C2H4O2/c1-11-15-14(10-17-11)8-7-12-5-3-4-6-13(12)9-16-2;1-2(3)4/h3-5,7-10H,6H2,1-2H3;1H3,(H,3,4)/b8-7?,13-9-;. The lowest BCUT2D eigenvalue weighted by atomic mass is 9.99. The Morgan fingerprint density at radius 2 is 2.19 bits per heavy atom. The van der Waals surface area contributed by atoms with Crippen molar-refractivity contribution < 1.29 is 14.6 Å². The van der Waals surface area contributed by atoms with Crippen molar-refractivity contribution in [3.63, 3.8) is 0 Å². The Kier molecular flexibility index (Phi) is 7.18. The lowest BCUT2D eigenvalue weighted by Gasteiger charge is -2.08. The molecule has 1 aliphatic carbocycles. The number of allylic oxidation sites excluding steroid dienone is 6. The number of aryl methyl sites for hydroxylation is 1. The van der Waals surface area contributed by atoms with Crippen molar-refractivity contribution in [2.24, 2.45) is 0 Å². The van der Waals surface area contributed by atoms with Gasteiger partial charge in [-0.3, -0.25) is 4.79 Å². The van der Waals surface area contributed by atoms with Gasteiger partial charge in [0.15, 0.2) is 0 Å². The van der Waals surface area contributed by atoms with Crippen LogP contribution in [0.4, 0.5) is 0 Å². The average Bonchev–Trinajstić information content (AvgIpc) is 2.83. The maximum atomic E-state index is 9.00. The van der Waals surface area contributed by atoms with Crippen molar-refractivity contribution in [2.75, 3.05) is 7.11 Å². The summed E-state index contributed by atoms with van der Waals surface area (Å²) in [6.45, 7) is 3.10. The van der Waals surface area contributed by atoms with Crippen LogP contribution in [0.3, 0.4) is 0 Å². The quantitative estimate of drug-likeness (QED) is 0.858. The van der Waals surface area contributed by atoms with Gasteiger partial charge in [0.25, 0.3) is 5.97 Å². The predicted molar refractivity (Wildman–Crippen MR) is 86.1 cm³/mol. The molecule has 1 aromatic heterocycles. The Hall–Kier alpha value is -2.14. The number of carboxylic acid groups (broad SMARTS) is 1. The van der Waals surface area contributed by atoms with Crippen LogP contribution in [0.5, 0.6) is 0 Å². The number of ether oxygens (including phenoxy) is 1. The molecule has 0 amide bonds. The molecule has 0 spiro atoms. The second-order valence-electron chi connectivity index (χ2n) is 4.28. The Morgan fingerprint density at radius 3 is 2.76 bits per heavy atom. The van der Waals surface area contributed by atoms with Gasteiger partial charge in [-0.25, -0.2) is 4.98 Å². The summed E-state index contributed by atoms with van der Waals surface area (Å²) in [4.78, 5) is 13.4. The molecule has 1 N–H and O–H groups in total. The summed E-state index contributed by atoms with van der Waals surface area (Å²) in [5, 5.41) is 10.6. The van der Waals surface area contributed by atoms with Gasteiger partial charge in [-0.15, -0.1) is 11.3 Å². The third kappa shape index (κ3) is 6.72. The maximum absolute atomic E-state index is 9.00. The number of hydrogen-bond donors (Lipinski definition) is 1. The van der Waals surface area contributed by atoms with Gasteiger partial charge in [-0.2, -0.15) is 0 Å². The number of hydrogen-bond acceptors (Lipinski definition) is 4. The second kappa shape index (κ2) is 8.92. The van der Waals surface area contributed by atoms with Gasteiger partial charge in [-0.1, -0.05) is 24.3 Å². The molecule has 0 saturated heterocycles. The fraction of sp³-hybridized carbons (Fsp3) is 0.250. The smallest absolute Gasteiger partial charge is 0.300 e. The van der Waals surface area contributed by atoms with E-state index in [0.717, 1.165) is 24.0 Å². The molecule has 5 heteroatoms. The second-order valence-corrected chi connectivity index (χ2v) is 5.34. The minimum atomic E-state index is -0.833. The van der Waals surface area contributed by atoms with Crippen molar-refractivity contribution in [1.82, 2.24) is 4.98 Å². The normalized spacial score (nSPS) is 15.6. The third-order valence-electron chi connectivity index (χ3n) is 2.45. The highest BCUT2D eigenvalue weighted by Crippen LogP contribution is 2.22. The molecule has 0 aliphatic heterocycles. The van der Waals surface area contributed by atoms with Gasteiger partial charge in [0.05, 0.1) is 24.1 Å². The topological polar surface area (TPSA) is 59.4 Å². The molecule has 0 unspecified atom stereocenters. The number of thiazole rings is 1. The Labute approximate surface area is 128 Å². The SMILES string of the molecule is CC(=O)O.CO/C=C1/CC=CC=C1C=Cc1csc(C)n1. The van der Waals surface area contributed by atoms with Gasteiger partial charge in [0.2, 0.25) is 0 Å². The van der Waals surface area contributed by atoms with Crippen molar-refractivity contribution in [3.05, 3.63) is 57.8 Å². The van der Waals surface area contributed by atoms with E-state index >= 15 is 0 Å². The molecule has 0 saturated carbocycles. The first-order chi connectivity index (χ1) is 10.0. The maximum Gasteiger partial charge on any atom is 0.300 e. The van der Waals surface area contributed by atoms with E-state index in [2.05, 4.69) is 34.7 Å². The van der Waals surface area contributed by atoms with E-state index < -0.39 is 5.97 Å². The molecule has 112 valence electrons. The summed E-state index contributed by atoms with van der Waals surface area (Å²) in [5.41, 5.74) is 3.39. The lowest BCUT2D eigenvalue weighted by molar-refractivity contribution is -0.134. The van der Waals surface area contributed by atoms with Gasteiger partial charge in [0.1, 0.15) is 0 Å². The lowest BCUT2D eigenvalue weighted by Crippen LogP contribution is -1.91. The van der Waals surface area contributed by atoms with E-state index in [1.54, 1.807) is 24.7 Å². The highest BCUT2D eigenvalue weighted by Gasteiger charge is 2.04. The summed E-state index contributed by atoms with van der Waals surface area (Å²) >= 11 is 1.67. The van der Waals surface area contributed by atoms with Crippen molar-refractivity contribution >= 4 is 23.4 Å². The monoisotopic (exact) mass is 305 g/mol. The summed E-state index contributed by atoms with van der Waals surface area (Å²) < 4.78 is 5.08. The fourth-order valence-corrected chi connectivity index (χ4v) is 2.23. The molecule has 1 heterocycles. The summed E-state index contributed by atoms with van der Waals surface area (Å²) in [7, 11) is 1.68. The van der Waals surface area contributed by atoms with Crippen molar-refractivity contribution in [1.29, 1.82) is 0 Å². The number of carboxylic acids is 1. The zero-order valence-electron chi connectivity index (χ0n) is 12.4. The van der Waals surface area contributed by atoms with E-state index in [0.29, 0.717) is 0 Å². The first kappa shape index (κ1) is 16.9. The zero-order chi connectivity index (χ0) is 15.7. The van der Waals surface area contributed by atoms with Crippen LogP contribution in [0.1, 0.15) is 24.0 Å². The van der Waals surface area contributed by atoms with Gasteiger partial charge in [-0.05, 0) is 30.6 Å². The van der Waals surface area contributed by atoms with E-state index in [1.807, 2.05) is 13.0 Å². The predicted octanol–water partition coefficient (Wildman–Crippen LogP) is 3.97. The largest absolute Gasteiger partial charge is 0.504 e. The highest BCUT2D eigenvalue weighted by atomic mass is 32.1. The molecule has 4 nitrogen and oxygen atoms in total. The van der Waals surface area contributed by atoms with Crippen LogP contribution in [0.2, 0.25) is 0 Å². The van der Waals surface area contributed by atoms with Crippen molar-refractivity contribution in [3.8, 4) is 0 Å². The highest BCUT2D eigenvalue weighted by molar-refractivity contribution is 7.09. The zero-order valence-corrected chi connectivity index (χ0v) is 13.2. The fourth-order valence-electron chi connectivity index (χ4n) is 1.64. The Balaban J connectivity index is 0.000000491. The summed E-state index contributed by atoms with van der Waals surface area (Å²) in [6.07, 6.45) is 13.1. The van der Waals surface area contributed by atoms with Crippen LogP contribution in [0.25, 0.3) is 6.08 Å². The number of nitrogens with zero attached hydrogens (tertiary/aromatic N) is 1. The molecule has 21 heavy (non-hydrogen) atoms. The molecule has 1 aliphatic rings. The number of carbonyl (C=O) groups is 1. The van der Waals surface area contributed by atoms with E-state index in [1.165, 1.54) is 11.1 Å². The number of methoxy groups -OCH3 is 1. The Morgan fingerprint density at radius 1 is 1.48 bits per heavy atom. The molecular formula is C16H19NO3S. The first-order valence-corrected chi connectivity index (χ1v) is 7.29. The summed E-state index contributed by atoms with van der Waals surface area (Å²) in [6, 6.07) is 0. The molecular weight excluding hydrogens is 286 g/mol. The number of aliphatic carboxylic acids is 1. The third-order valence-corrected chi connectivity index (χ3v) is 3.24. The van der Waals surface area contributed by atoms with Crippen LogP contribution in [-0.4, -0.2) is 23.2 Å². The minimum absolute atomic E-state index is 0.833. The van der Waals surface area contributed by atoms with Crippen LogP contribution < -0.4 is 0 Å². The van der Waals surface area contributed by atoms with E-state index in [9.17, 15) is 0 Å². The molecule has 1 aromatic rings. The molecule has 0 atom stereocenters. The molecule has 0 aromatic carbocycles. The van der Waals surface area contributed by atoms with Crippen molar-refractivity contribution in [2.45, 2.75) is 20.3 Å². The van der Waals surface area contributed by atoms with Gasteiger partial charge >= 0.3 is 0 Å². The van der Waals surface area contributed by atoms with Gasteiger partial charge in [0, 0.05) is 12.3 Å². The molecule has 0 bridgehead atoms. The van der Waals surface area contributed by atoms with Gasteiger partial charge < -0.3 is 9.84 Å². The number of aromatic nitrogens is 1. The first-order valence-electron chi connectivity index (χ1n) is 6.41. The molecule has 2 rings (SSSR count). The minimum Gasteiger partial charge on any atom is -0.504 e. The number of rotatable bonds is 3. The van der Waals surface area contributed by atoms with E-state index in [-0.39, 0.29) is 0 Å². The van der Waals surface area contributed by atoms with Crippen LogP contribution >= 0.6 is 11.3 Å².